The number of halogens is 1. The van der Waals surface area contributed by atoms with Gasteiger partial charge in [-0.25, -0.2) is 4.98 Å². The number of aromatic nitrogens is 2. The number of hydrogen-bond donors (Lipinski definition) is 3. The van der Waals surface area contributed by atoms with Gasteiger partial charge in [0.05, 0.1) is 18.8 Å². The first kappa shape index (κ1) is 22.2. The molecule has 4 N–H and O–H groups in total. The van der Waals surface area contributed by atoms with E-state index in [-0.39, 0.29) is 5.92 Å². The molecule has 2 aromatic carbocycles. The van der Waals surface area contributed by atoms with Gasteiger partial charge < -0.3 is 19.9 Å². The lowest BCUT2D eigenvalue weighted by Gasteiger charge is -2.41. The van der Waals surface area contributed by atoms with Crippen LogP contribution in [0, 0.1) is 0 Å². The van der Waals surface area contributed by atoms with Crippen LogP contribution >= 0.6 is 11.6 Å². The predicted molar refractivity (Wildman–Crippen MR) is 138 cm³/mol. The number of nitrogens with zero attached hydrogens (tertiary/aromatic N) is 3. The molecule has 0 spiro atoms. The summed E-state index contributed by atoms with van der Waals surface area (Å²) in [5.41, 5.74) is 12.5. The van der Waals surface area contributed by atoms with E-state index < -0.39 is 5.79 Å². The van der Waals surface area contributed by atoms with Gasteiger partial charge in [-0.05, 0) is 49.8 Å². The summed E-state index contributed by atoms with van der Waals surface area (Å²) in [6, 6.07) is 16.9. The van der Waals surface area contributed by atoms with Crippen LogP contribution in [0.3, 0.4) is 0 Å². The zero-order valence-electron chi connectivity index (χ0n) is 19.7. The first-order valence-electron chi connectivity index (χ1n) is 12.1. The van der Waals surface area contributed by atoms with Crippen LogP contribution < -0.4 is 21.1 Å². The molecule has 3 aliphatic rings. The Labute approximate surface area is 210 Å². The molecular formula is C27H29ClN6O. The molecule has 2 heterocycles. The maximum Gasteiger partial charge on any atom is 0.190 e. The fraction of sp³-hybridized carbons (Fsp3) is 0.333. The zero-order valence-corrected chi connectivity index (χ0v) is 20.4. The molecule has 8 heteroatoms. The van der Waals surface area contributed by atoms with E-state index in [4.69, 9.17) is 27.1 Å². The van der Waals surface area contributed by atoms with Crippen molar-refractivity contribution in [2.45, 2.75) is 49.9 Å². The van der Waals surface area contributed by atoms with Crippen LogP contribution in [-0.4, -0.2) is 28.5 Å². The Hall–Kier alpha value is -3.29. The van der Waals surface area contributed by atoms with E-state index in [0.29, 0.717) is 16.9 Å². The van der Waals surface area contributed by atoms with E-state index in [0.717, 1.165) is 42.8 Å². The standard InChI is InChI=1S/C27H29ClN6O/c1-35-23-14-18(10-13-22(23)34-15-24(28)30-16-34)27(29)32-25-20(17-6-3-2-4-7-17)11-12-21(25)26(33-27)31-19-8-5-9-19/h2-4,6-7,10,13-16,19-20,32H,5,8-9,11-12,29H2,1H3,(H,31,33). The highest BCUT2D eigenvalue weighted by atomic mass is 35.5. The summed E-state index contributed by atoms with van der Waals surface area (Å²) in [6.45, 7) is 0. The average molecular weight is 489 g/mol. The van der Waals surface area contributed by atoms with Crippen molar-refractivity contribution >= 4 is 17.4 Å². The minimum absolute atomic E-state index is 0.261. The van der Waals surface area contributed by atoms with Crippen LogP contribution in [0.4, 0.5) is 0 Å². The molecule has 7 nitrogen and oxygen atoms in total. The lowest BCUT2D eigenvalue weighted by molar-refractivity contribution is 0.325. The lowest BCUT2D eigenvalue weighted by Crippen LogP contribution is -2.65. The molecule has 35 heavy (non-hydrogen) atoms. The number of nitrogens with one attached hydrogen (secondary N) is 2. The number of nitrogens with two attached hydrogens (primary N) is 1. The highest BCUT2D eigenvalue weighted by molar-refractivity contribution is 6.29. The Kier molecular flexibility index (Phi) is 5.54. The monoisotopic (exact) mass is 488 g/mol. The van der Waals surface area contributed by atoms with E-state index in [9.17, 15) is 0 Å². The average Bonchev–Trinajstić information content (AvgIpc) is 3.47. The topological polar surface area (TPSA) is 89.5 Å². The number of ether oxygens (including phenoxy) is 1. The molecule has 0 radical (unpaired) electrons. The summed E-state index contributed by atoms with van der Waals surface area (Å²) in [5, 5.41) is 7.67. The maximum absolute atomic E-state index is 7.09. The molecule has 1 aliphatic heterocycles. The Bertz CT molecular complexity index is 1310. The Morgan fingerprint density at radius 3 is 2.66 bits per heavy atom. The minimum Gasteiger partial charge on any atom is -0.495 e. The SMILES string of the molecule is COc1cc(C2(N)NC(=NC3CCC3)C3=C(N2)C(c2ccccc2)CC3)ccc1-n1cnc(Cl)c1. The van der Waals surface area contributed by atoms with Crippen molar-refractivity contribution < 1.29 is 4.74 Å². The molecule has 6 rings (SSSR count). The molecule has 0 amide bonds. The number of benzene rings is 2. The summed E-state index contributed by atoms with van der Waals surface area (Å²) < 4.78 is 7.57. The van der Waals surface area contributed by atoms with E-state index in [2.05, 4.69) is 45.9 Å². The Morgan fingerprint density at radius 2 is 1.97 bits per heavy atom. The van der Waals surface area contributed by atoms with Gasteiger partial charge >= 0.3 is 0 Å². The fourth-order valence-corrected chi connectivity index (χ4v) is 5.38. The van der Waals surface area contributed by atoms with Crippen LogP contribution in [0.1, 0.15) is 49.1 Å². The van der Waals surface area contributed by atoms with Crippen molar-refractivity contribution in [3.63, 3.8) is 0 Å². The van der Waals surface area contributed by atoms with Gasteiger partial charge in [-0.3, -0.25) is 10.7 Å². The van der Waals surface area contributed by atoms with E-state index in [1.807, 2.05) is 22.8 Å². The third kappa shape index (κ3) is 3.98. The molecule has 2 unspecified atom stereocenters. The van der Waals surface area contributed by atoms with Gasteiger partial charge in [0.2, 0.25) is 0 Å². The van der Waals surface area contributed by atoms with Crippen molar-refractivity contribution in [2.24, 2.45) is 10.7 Å². The second kappa shape index (κ2) is 8.73. The molecule has 180 valence electrons. The Morgan fingerprint density at radius 1 is 1.14 bits per heavy atom. The highest BCUT2D eigenvalue weighted by Gasteiger charge is 2.42. The summed E-state index contributed by atoms with van der Waals surface area (Å²) in [6.07, 6.45) is 8.93. The maximum atomic E-state index is 7.09. The van der Waals surface area contributed by atoms with Crippen molar-refractivity contribution in [3.05, 3.63) is 88.6 Å². The summed E-state index contributed by atoms with van der Waals surface area (Å²) in [7, 11) is 1.65. The highest BCUT2D eigenvalue weighted by Crippen LogP contribution is 2.42. The molecule has 1 saturated carbocycles. The molecule has 1 aromatic heterocycles. The number of imidazole rings is 1. The van der Waals surface area contributed by atoms with Crippen molar-refractivity contribution in [2.75, 3.05) is 7.11 Å². The van der Waals surface area contributed by atoms with Gasteiger partial charge in [0, 0.05) is 28.9 Å². The van der Waals surface area contributed by atoms with Crippen molar-refractivity contribution in [3.8, 4) is 11.4 Å². The number of methoxy groups -OCH3 is 1. The number of hydrogen-bond acceptors (Lipinski definition) is 5. The third-order valence-electron chi connectivity index (χ3n) is 7.34. The number of rotatable bonds is 5. The molecule has 3 aromatic rings. The van der Waals surface area contributed by atoms with Gasteiger partial charge in [0.1, 0.15) is 23.1 Å². The van der Waals surface area contributed by atoms with Crippen LogP contribution in [0.25, 0.3) is 5.69 Å². The number of amidine groups is 1. The van der Waals surface area contributed by atoms with Gasteiger partial charge in [-0.1, -0.05) is 48.0 Å². The third-order valence-corrected chi connectivity index (χ3v) is 7.54. The first-order valence-corrected chi connectivity index (χ1v) is 12.5. The Balaban J connectivity index is 1.41. The lowest BCUT2D eigenvalue weighted by atomic mass is 9.92. The normalized spacial score (nSPS) is 25.1. The summed E-state index contributed by atoms with van der Waals surface area (Å²) in [5.74, 6) is 0.830. The van der Waals surface area contributed by atoms with Gasteiger partial charge in [0.15, 0.2) is 5.79 Å². The van der Waals surface area contributed by atoms with E-state index in [1.54, 1.807) is 19.6 Å². The second-order valence-corrected chi connectivity index (χ2v) is 9.89. The molecule has 0 bridgehead atoms. The molecule has 2 atom stereocenters. The van der Waals surface area contributed by atoms with Gasteiger partial charge in [-0.15, -0.1) is 0 Å². The van der Waals surface area contributed by atoms with Crippen LogP contribution in [0.15, 0.2) is 77.3 Å². The summed E-state index contributed by atoms with van der Waals surface area (Å²) >= 11 is 6.04. The van der Waals surface area contributed by atoms with Crippen LogP contribution in [-0.2, 0) is 5.79 Å². The smallest absolute Gasteiger partial charge is 0.190 e. The molecular weight excluding hydrogens is 460 g/mol. The van der Waals surface area contributed by atoms with Crippen LogP contribution in [0.2, 0.25) is 5.15 Å². The molecule has 1 fully saturated rings. The van der Waals surface area contributed by atoms with Crippen molar-refractivity contribution in [1.29, 1.82) is 0 Å². The quantitative estimate of drug-likeness (QED) is 0.489. The van der Waals surface area contributed by atoms with E-state index in [1.165, 1.54) is 23.3 Å². The first-order chi connectivity index (χ1) is 17.0. The summed E-state index contributed by atoms with van der Waals surface area (Å²) in [4.78, 5) is 9.23. The number of aliphatic imine (C=N–C) groups is 1. The van der Waals surface area contributed by atoms with E-state index >= 15 is 0 Å². The zero-order chi connectivity index (χ0) is 24.0. The van der Waals surface area contributed by atoms with Crippen molar-refractivity contribution in [1.82, 2.24) is 20.2 Å². The minimum atomic E-state index is -1.03. The molecule has 0 saturated heterocycles. The van der Waals surface area contributed by atoms with Gasteiger partial charge in [-0.2, -0.15) is 0 Å². The van der Waals surface area contributed by atoms with Crippen LogP contribution in [0.5, 0.6) is 5.75 Å². The van der Waals surface area contributed by atoms with Gasteiger partial charge in [0.25, 0.3) is 0 Å². The second-order valence-electron chi connectivity index (χ2n) is 9.50. The largest absolute Gasteiger partial charge is 0.495 e. The predicted octanol–water partition coefficient (Wildman–Crippen LogP) is 4.58. The molecule has 2 aliphatic carbocycles. The number of allylic oxidation sites excluding steroid dienone is 1. The fourth-order valence-electron chi connectivity index (χ4n) is 5.23.